The molecule has 30 heavy (non-hydrogen) atoms. The minimum Gasteiger partial charge on any atom is -0.286 e. The highest BCUT2D eigenvalue weighted by atomic mass is 16.1. The molecule has 0 bridgehead atoms. The van der Waals surface area contributed by atoms with E-state index in [2.05, 4.69) is 22.1 Å². The second-order valence-corrected chi connectivity index (χ2v) is 6.59. The van der Waals surface area contributed by atoms with E-state index >= 15 is 0 Å². The lowest BCUT2D eigenvalue weighted by atomic mass is 10.1. The molecule has 4 rings (SSSR count). The number of pyridine rings is 1. The summed E-state index contributed by atoms with van der Waals surface area (Å²) in [5, 5.41) is 18.0. The van der Waals surface area contributed by atoms with Gasteiger partial charge >= 0.3 is 0 Å². The van der Waals surface area contributed by atoms with Crippen LogP contribution < -0.4 is 5.56 Å². The van der Waals surface area contributed by atoms with Crippen LogP contribution in [-0.4, -0.2) is 14.5 Å². The molecular weight excluding hydrogens is 374 g/mol. The van der Waals surface area contributed by atoms with E-state index < -0.39 is 0 Å². The molecule has 0 amide bonds. The van der Waals surface area contributed by atoms with Gasteiger partial charge < -0.3 is 0 Å². The van der Waals surface area contributed by atoms with Crippen LogP contribution in [0.4, 0.5) is 0 Å². The molecule has 0 spiro atoms. The Kier molecular flexibility index (Phi) is 5.15. The largest absolute Gasteiger partial charge is 0.286 e. The van der Waals surface area contributed by atoms with Gasteiger partial charge in [0.1, 0.15) is 5.82 Å². The molecule has 0 saturated carbocycles. The number of benzene rings is 2. The normalized spacial score (nSPS) is 10.2. The van der Waals surface area contributed by atoms with Crippen molar-refractivity contribution in [3.05, 3.63) is 106 Å². The van der Waals surface area contributed by atoms with Crippen molar-refractivity contribution >= 4 is 0 Å². The summed E-state index contributed by atoms with van der Waals surface area (Å²) in [4.78, 5) is 22.3. The van der Waals surface area contributed by atoms with Crippen LogP contribution in [0.1, 0.15) is 16.8 Å². The van der Waals surface area contributed by atoms with Crippen molar-refractivity contribution in [3.8, 4) is 34.7 Å². The van der Waals surface area contributed by atoms with Crippen LogP contribution >= 0.6 is 0 Å². The average molecular weight is 389 g/mol. The van der Waals surface area contributed by atoms with Crippen LogP contribution in [0, 0.1) is 22.7 Å². The summed E-state index contributed by atoms with van der Waals surface area (Å²) in [5.74, 6) is 0.493. The van der Waals surface area contributed by atoms with Crippen molar-refractivity contribution in [2.75, 3.05) is 0 Å². The minimum atomic E-state index is -0.209. The Morgan fingerprint density at radius 3 is 2.00 bits per heavy atom. The van der Waals surface area contributed by atoms with E-state index in [1.165, 1.54) is 0 Å². The fraction of sp³-hybridized carbons (Fsp3) is 0.0417. The first-order chi connectivity index (χ1) is 14.7. The first-order valence-electron chi connectivity index (χ1n) is 9.20. The van der Waals surface area contributed by atoms with E-state index in [0.29, 0.717) is 28.1 Å². The Morgan fingerprint density at radius 1 is 0.800 bits per heavy atom. The van der Waals surface area contributed by atoms with Gasteiger partial charge in [0.15, 0.2) is 0 Å². The van der Waals surface area contributed by atoms with E-state index in [1.54, 1.807) is 65.5 Å². The Balaban J connectivity index is 1.87. The lowest BCUT2D eigenvalue weighted by molar-refractivity contribution is 0.731. The predicted octanol–water partition coefficient (Wildman–Crippen LogP) is 3.76. The molecule has 0 radical (unpaired) electrons. The van der Waals surface area contributed by atoms with E-state index in [-0.39, 0.29) is 12.1 Å². The van der Waals surface area contributed by atoms with Gasteiger partial charge in [-0.3, -0.25) is 14.3 Å². The highest BCUT2D eigenvalue weighted by Gasteiger charge is 2.14. The third-order valence-electron chi connectivity index (χ3n) is 4.69. The van der Waals surface area contributed by atoms with Gasteiger partial charge in [-0.1, -0.05) is 18.2 Å². The van der Waals surface area contributed by atoms with Gasteiger partial charge in [-0.2, -0.15) is 10.5 Å². The molecule has 0 aliphatic heterocycles. The maximum absolute atomic E-state index is 13.4. The van der Waals surface area contributed by atoms with E-state index in [0.717, 1.165) is 11.3 Å². The second kappa shape index (κ2) is 8.22. The molecule has 0 aliphatic carbocycles. The third-order valence-corrected chi connectivity index (χ3v) is 4.69. The number of nitriles is 2. The van der Waals surface area contributed by atoms with Crippen LogP contribution in [0.2, 0.25) is 0 Å². The van der Waals surface area contributed by atoms with Gasteiger partial charge in [-0.15, -0.1) is 0 Å². The smallest absolute Gasteiger partial charge is 0.261 e. The summed E-state index contributed by atoms with van der Waals surface area (Å²) in [5.41, 5.74) is 3.43. The van der Waals surface area contributed by atoms with Gasteiger partial charge in [0, 0.05) is 18.0 Å². The molecule has 6 heteroatoms. The maximum atomic E-state index is 13.4. The zero-order valence-electron chi connectivity index (χ0n) is 15.9. The average Bonchev–Trinajstić information content (AvgIpc) is 2.81. The van der Waals surface area contributed by atoms with Gasteiger partial charge in [0.2, 0.25) is 0 Å². The lowest BCUT2D eigenvalue weighted by Crippen LogP contribution is -2.25. The fourth-order valence-electron chi connectivity index (χ4n) is 3.14. The Hall–Kier alpha value is -4.55. The van der Waals surface area contributed by atoms with Crippen molar-refractivity contribution in [1.82, 2.24) is 14.5 Å². The Morgan fingerprint density at radius 2 is 1.43 bits per heavy atom. The topological polar surface area (TPSA) is 95.4 Å². The molecular formula is C24H15N5O. The SMILES string of the molecule is N#Cc1ccc(-c2cnc(-c3ccc(C#N)cc3)n(Cc3ccccn3)c2=O)cc1. The molecule has 2 aromatic heterocycles. The number of rotatable bonds is 4. The molecule has 2 heterocycles. The monoisotopic (exact) mass is 389 g/mol. The zero-order valence-corrected chi connectivity index (χ0v) is 15.9. The van der Waals surface area contributed by atoms with Crippen LogP contribution in [0.15, 0.2) is 83.9 Å². The fourth-order valence-corrected chi connectivity index (χ4v) is 3.14. The van der Waals surface area contributed by atoms with Crippen molar-refractivity contribution in [2.45, 2.75) is 6.54 Å². The molecule has 0 saturated heterocycles. The van der Waals surface area contributed by atoms with Crippen LogP contribution in [0.5, 0.6) is 0 Å². The maximum Gasteiger partial charge on any atom is 0.261 e. The van der Waals surface area contributed by atoms with E-state index in [1.807, 2.05) is 18.2 Å². The van der Waals surface area contributed by atoms with Crippen LogP contribution in [0.3, 0.4) is 0 Å². The van der Waals surface area contributed by atoms with E-state index in [9.17, 15) is 4.79 Å². The summed E-state index contributed by atoms with van der Waals surface area (Å²) in [6.45, 7) is 0.256. The molecule has 0 N–H and O–H groups in total. The first-order valence-corrected chi connectivity index (χ1v) is 9.20. The van der Waals surface area contributed by atoms with Crippen molar-refractivity contribution in [2.24, 2.45) is 0 Å². The van der Waals surface area contributed by atoms with Gasteiger partial charge in [-0.25, -0.2) is 4.98 Å². The Labute approximate surface area is 173 Å². The summed E-state index contributed by atoms with van der Waals surface area (Å²) in [7, 11) is 0. The minimum absolute atomic E-state index is 0.209. The summed E-state index contributed by atoms with van der Waals surface area (Å²) >= 11 is 0. The number of nitrogens with zero attached hydrogens (tertiary/aromatic N) is 5. The predicted molar refractivity (Wildman–Crippen MR) is 112 cm³/mol. The highest BCUT2D eigenvalue weighted by molar-refractivity contribution is 5.65. The van der Waals surface area contributed by atoms with Crippen LogP contribution in [0.25, 0.3) is 22.5 Å². The quantitative estimate of drug-likeness (QED) is 0.529. The molecule has 0 fully saturated rings. The molecule has 142 valence electrons. The molecule has 0 atom stereocenters. The van der Waals surface area contributed by atoms with Crippen molar-refractivity contribution in [1.29, 1.82) is 10.5 Å². The molecule has 0 unspecified atom stereocenters. The highest BCUT2D eigenvalue weighted by Crippen LogP contribution is 2.21. The van der Waals surface area contributed by atoms with E-state index in [4.69, 9.17) is 10.5 Å². The third kappa shape index (κ3) is 3.71. The number of hydrogen-bond donors (Lipinski definition) is 0. The van der Waals surface area contributed by atoms with Gasteiger partial charge in [-0.05, 0) is 54.1 Å². The molecule has 4 aromatic rings. The summed E-state index contributed by atoms with van der Waals surface area (Å²) in [6, 6.07) is 23.5. The van der Waals surface area contributed by atoms with Gasteiger partial charge in [0.25, 0.3) is 5.56 Å². The van der Waals surface area contributed by atoms with Crippen molar-refractivity contribution < 1.29 is 0 Å². The summed E-state index contributed by atoms with van der Waals surface area (Å²) < 4.78 is 1.58. The summed E-state index contributed by atoms with van der Waals surface area (Å²) in [6.07, 6.45) is 3.23. The molecule has 2 aromatic carbocycles. The zero-order chi connectivity index (χ0) is 20.9. The second-order valence-electron chi connectivity index (χ2n) is 6.59. The Bertz CT molecular complexity index is 1330. The number of hydrogen-bond acceptors (Lipinski definition) is 5. The van der Waals surface area contributed by atoms with Gasteiger partial charge in [0.05, 0.1) is 41.1 Å². The van der Waals surface area contributed by atoms with Crippen molar-refractivity contribution in [3.63, 3.8) is 0 Å². The molecule has 0 aliphatic rings. The van der Waals surface area contributed by atoms with Crippen LogP contribution in [-0.2, 0) is 6.54 Å². The number of aromatic nitrogens is 3. The standard InChI is InChI=1S/C24H15N5O/c25-13-17-4-8-19(9-5-17)22-15-28-23(20-10-6-18(14-26)7-11-20)29(24(22)30)16-21-3-1-2-12-27-21/h1-12,15H,16H2. The lowest BCUT2D eigenvalue weighted by Gasteiger charge is -2.14. The molecule has 6 nitrogen and oxygen atoms in total. The first kappa shape index (κ1) is 18.8.